The summed E-state index contributed by atoms with van der Waals surface area (Å²) in [7, 11) is 0. The second-order valence-corrected chi connectivity index (χ2v) is 5.64. The Hall–Kier alpha value is -3.72. The molecule has 4 N–H and O–H groups in total. The Bertz CT molecular complexity index is 904. The second kappa shape index (κ2) is 8.40. The van der Waals surface area contributed by atoms with Crippen molar-refractivity contribution in [2.45, 2.75) is 13.5 Å². The van der Waals surface area contributed by atoms with Crippen molar-refractivity contribution in [1.82, 2.24) is 5.32 Å². The first-order chi connectivity index (χ1) is 12.4. The van der Waals surface area contributed by atoms with E-state index in [9.17, 15) is 20.1 Å². The van der Waals surface area contributed by atoms with Crippen LogP contribution in [0.15, 0.2) is 54.1 Å². The van der Waals surface area contributed by atoms with Crippen LogP contribution in [0.5, 0.6) is 17.2 Å². The van der Waals surface area contributed by atoms with Gasteiger partial charge in [0.1, 0.15) is 28.9 Å². The van der Waals surface area contributed by atoms with Gasteiger partial charge in [-0.15, -0.1) is 0 Å². The number of hydrogen-bond acceptors (Lipinski definition) is 5. The molecule has 0 radical (unpaired) electrons. The molecule has 0 unspecified atom stereocenters. The number of phenolic OH excluding ortho intramolecular Hbond substituents is 3. The molecule has 132 valence electrons. The van der Waals surface area contributed by atoms with E-state index in [0.717, 1.165) is 5.56 Å². The first-order valence-electron chi connectivity index (χ1n) is 7.77. The molecular formula is C20H18N2O4. The average Bonchev–Trinajstić information content (AvgIpc) is 2.58. The highest BCUT2D eigenvalue weighted by molar-refractivity contribution is 5.97. The van der Waals surface area contributed by atoms with Gasteiger partial charge in [0.15, 0.2) is 0 Å². The van der Waals surface area contributed by atoms with Gasteiger partial charge in [0.2, 0.25) is 0 Å². The third-order valence-electron chi connectivity index (χ3n) is 3.57. The van der Waals surface area contributed by atoms with E-state index < -0.39 is 5.91 Å². The van der Waals surface area contributed by atoms with Gasteiger partial charge in [0, 0.05) is 12.6 Å². The molecule has 2 rings (SSSR count). The number of carbonyl (C=O) groups is 1. The Balaban J connectivity index is 2.03. The first-order valence-corrected chi connectivity index (χ1v) is 7.77. The summed E-state index contributed by atoms with van der Waals surface area (Å²) in [4.78, 5) is 12.1. The molecule has 0 aliphatic rings. The van der Waals surface area contributed by atoms with Crippen LogP contribution in [0.2, 0.25) is 0 Å². The maximum absolute atomic E-state index is 12.1. The fourth-order valence-electron chi connectivity index (χ4n) is 2.18. The van der Waals surface area contributed by atoms with Crippen molar-refractivity contribution in [2.75, 3.05) is 0 Å². The molecule has 0 saturated heterocycles. The Morgan fingerprint density at radius 2 is 1.85 bits per heavy atom. The van der Waals surface area contributed by atoms with E-state index >= 15 is 0 Å². The number of nitrogens with one attached hydrogen (secondary N) is 1. The highest BCUT2D eigenvalue weighted by Crippen LogP contribution is 2.21. The number of aromatic hydroxyl groups is 3. The molecule has 0 heterocycles. The van der Waals surface area contributed by atoms with E-state index in [2.05, 4.69) is 5.32 Å². The summed E-state index contributed by atoms with van der Waals surface area (Å²) < 4.78 is 0. The monoisotopic (exact) mass is 350 g/mol. The molecule has 26 heavy (non-hydrogen) atoms. The Morgan fingerprint density at radius 3 is 2.46 bits per heavy atom. The SMILES string of the molecule is Cc1ccc(CNC(=O)/C(C#N)=C/C=C/c2cc(O)cc(O)c2)cc1O. The number of phenols is 3. The van der Waals surface area contributed by atoms with Crippen molar-refractivity contribution in [3.8, 4) is 23.3 Å². The van der Waals surface area contributed by atoms with Crippen LogP contribution in [0.4, 0.5) is 0 Å². The van der Waals surface area contributed by atoms with E-state index in [1.807, 2.05) is 6.07 Å². The van der Waals surface area contributed by atoms with Gasteiger partial charge in [-0.3, -0.25) is 4.79 Å². The zero-order chi connectivity index (χ0) is 19.1. The van der Waals surface area contributed by atoms with Crippen LogP contribution >= 0.6 is 0 Å². The van der Waals surface area contributed by atoms with Gasteiger partial charge < -0.3 is 20.6 Å². The molecule has 0 aliphatic heterocycles. The average molecular weight is 350 g/mol. The van der Waals surface area contributed by atoms with Crippen LogP contribution in [-0.2, 0) is 11.3 Å². The maximum atomic E-state index is 12.1. The molecule has 6 nitrogen and oxygen atoms in total. The normalized spacial score (nSPS) is 11.3. The van der Waals surface area contributed by atoms with Gasteiger partial charge in [-0.25, -0.2) is 0 Å². The summed E-state index contributed by atoms with van der Waals surface area (Å²) >= 11 is 0. The van der Waals surface area contributed by atoms with Crippen molar-refractivity contribution in [1.29, 1.82) is 5.26 Å². The van der Waals surface area contributed by atoms with Gasteiger partial charge in [-0.05, 0) is 47.9 Å². The van der Waals surface area contributed by atoms with Crippen molar-refractivity contribution in [3.05, 3.63) is 70.8 Å². The van der Waals surface area contributed by atoms with E-state index in [1.54, 1.807) is 31.2 Å². The number of carbonyl (C=O) groups excluding carboxylic acids is 1. The van der Waals surface area contributed by atoms with Gasteiger partial charge in [-0.1, -0.05) is 24.3 Å². The molecule has 2 aromatic rings. The third kappa shape index (κ3) is 5.14. The Morgan fingerprint density at radius 1 is 1.15 bits per heavy atom. The topological polar surface area (TPSA) is 114 Å². The molecule has 0 aromatic heterocycles. The molecule has 0 fully saturated rings. The number of allylic oxidation sites excluding steroid dienone is 2. The van der Waals surface area contributed by atoms with Crippen molar-refractivity contribution in [2.24, 2.45) is 0 Å². The number of rotatable bonds is 5. The van der Waals surface area contributed by atoms with Crippen molar-refractivity contribution < 1.29 is 20.1 Å². The summed E-state index contributed by atoms with van der Waals surface area (Å²) in [6.45, 7) is 1.95. The summed E-state index contributed by atoms with van der Waals surface area (Å²) in [5.41, 5.74) is 1.87. The minimum Gasteiger partial charge on any atom is -0.508 e. The zero-order valence-electron chi connectivity index (χ0n) is 14.1. The lowest BCUT2D eigenvalue weighted by Crippen LogP contribution is -2.23. The van der Waals surface area contributed by atoms with E-state index in [4.69, 9.17) is 5.26 Å². The lowest BCUT2D eigenvalue weighted by atomic mass is 10.1. The number of nitriles is 1. The molecule has 0 bridgehead atoms. The van der Waals surface area contributed by atoms with Crippen LogP contribution in [0.25, 0.3) is 6.08 Å². The zero-order valence-corrected chi connectivity index (χ0v) is 14.1. The lowest BCUT2D eigenvalue weighted by molar-refractivity contribution is -0.117. The summed E-state index contributed by atoms with van der Waals surface area (Å²) in [5, 5.41) is 40.2. The van der Waals surface area contributed by atoms with Gasteiger partial charge >= 0.3 is 0 Å². The smallest absolute Gasteiger partial charge is 0.262 e. The predicted octanol–water partition coefficient (Wildman–Crippen LogP) is 2.89. The van der Waals surface area contributed by atoms with Gasteiger partial charge in [-0.2, -0.15) is 5.26 Å². The summed E-state index contributed by atoms with van der Waals surface area (Å²) in [6.07, 6.45) is 4.36. The van der Waals surface area contributed by atoms with Crippen LogP contribution in [0.3, 0.4) is 0 Å². The Kier molecular flexibility index (Phi) is 6.01. The largest absolute Gasteiger partial charge is 0.508 e. The minimum absolute atomic E-state index is 0.0896. The lowest BCUT2D eigenvalue weighted by Gasteiger charge is -2.06. The third-order valence-corrected chi connectivity index (χ3v) is 3.57. The van der Waals surface area contributed by atoms with E-state index in [1.165, 1.54) is 30.4 Å². The fourth-order valence-corrected chi connectivity index (χ4v) is 2.18. The highest BCUT2D eigenvalue weighted by Gasteiger charge is 2.08. The number of nitrogens with zero attached hydrogens (tertiary/aromatic N) is 1. The first kappa shape index (κ1) is 18.6. The van der Waals surface area contributed by atoms with E-state index in [-0.39, 0.29) is 29.4 Å². The number of hydrogen-bond donors (Lipinski definition) is 4. The standard InChI is InChI=1S/C20H18N2O4/c1-13-5-6-15(9-19(13)25)12-22-20(26)16(11-21)4-2-3-14-7-17(23)10-18(24)8-14/h2-10,23-25H,12H2,1H3,(H,22,26)/b3-2+,16-4+. The summed E-state index contributed by atoms with van der Waals surface area (Å²) in [6, 6.07) is 11.0. The van der Waals surface area contributed by atoms with Crippen LogP contribution < -0.4 is 5.32 Å². The van der Waals surface area contributed by atoms with Gasteiger partial charge in [0.25, 0.3) is 5.91 Å². The number of benzene rings is 2. The van der Waals surface area contributed by atoms with Crippen LogP contribution in [-0.4, -0.2) is 21.2 Å². The fraction of sp³-hybridized carbons (Fsp3) is 0.100. The summed E-state index contributed by atoms with van der Waals surface area (Å²) in [5.74, 6) is -0.581. The second-order valence-electron chi connectivity index (χ2n) is 5.64. The Labute approximate surface area is 151 Å². The molecular weight excluding hydrogens is 332 g/mol. The maximum Gasteiger partial charge on any atom is 0.262 e. The van der Waals surface area contributed by atoms with Gasteiger partial charge in [0.05, 0.1) is 0 Å². The molecule has 0 spiro atoms. The van der Waals surface area contributed by atoms with Crippen LogP contribution in [0, 0.1) is 18.3 Å². The number of aryl methyl sites for hydroxylation is 1. The quantitative estimate of drug-likeness (QED) is 0.376. The molecule has 0 atom stereocenters. The molecule has 1 amide bonds. The van der Waals surface area contributed by atoms with Crippen molar-refractivity contribution >= 4 is 12.0 Å². The van der Waals surface area contributed by atoms with E-state index in [0.29, 0.717) is 11.1 Å². The molecule has 0 aliphatic carbocycles. The number of amides is 1. The molecule has 2 aromatic carbocycles. The predicted molar refractivity (Wildman–Crippen MR) is 97.2 cm³/mol. The molecule has 0 saturated carbocycles. The van der Waals surface area contributed by atoms with Crippen LogP contribution in [0.1, 0.15) is 16.7 Å². The highest BCUT2D eigenvalue weighted by atomic mass is 16.3. The van der Waals surface area contributed by atoms with Crippen molar-refractivity contribution in [3.63, 3.8) is 0 Å². The molecule has 6 heteroatoms. The minimum atomic E-state index is -0.545.